The fourth-order valence-electron chi connectivity index (χ4n) is 2.27. The molecule has 118 valence electrons. The molecule has 0 atom stereocenters. The van der Waals surface area contributed by atoms with E-state index in [2.05, 4.69) is 0 Å². The zero-order valence-electron chi connectivity index (χ0n) is 11.6. The second-order valence-electron chi connectivity index (χ2n) is 5.04. The Kier molecular flexibility index (Phi) is 3.28. The van der Waals surface area contributed by atoms with Crippen LogP contribution in [0.2, 0.25) is 0 Å². The number of alkyl halides is 3. The maximum Gasteiger partial charge on any atom is 0.416 e. The standard InChI is InChI=1S/C16H11F3N2O2/c17-16(18,19)9-3-1-8(2-4-9)14-7-13(22)11-5-10(20)6-12(21)15(11)23-14/h1-7H,20-21H2. The van der Waals surface area contributed by atoms with E-state index in [9.17, 15) is 18.0 Å². The monoisotopic (exact) mass is 320 g/mol. The summed E-state index contributed by atoms with van der Waals surface area (Å²) < 4.78 is 43.3. The van der Waals surface area contributed by atoms with Gasteiger partial charge in [0, 0.05) is 17.3 Å². The third kappa shape index (κ3) is 2.73. The number of fused-ring (bicyclic) bond motifs is 1. The number of rotatable bonds is 1. The molecule has 0 saturated carbocycles. The van der Waals surface area contributed by atoms with E-state index in [-0.39, 0.29) is 27.8 Å². The van der Waals surface area contributed by atoms with Gasteiger partial charge in [0.2, 0.25) is 0 Å². The smallest absolute Gasteiger partial charge is 0.416 e. The largest absolute Gasteiger partial charge is 0.454 e. The summed E-state index contributed by atoms with van der Waals surface area (Å²) in [6.07, 6.45) is -4.43. The van der Waals surface area contributed by atoms with Gasteiger partial charge in [0.1, 0.15) is 5.76 Å². The molecule has 0 aliphatic heterocycles. The number of hydrogen-bond acceptors (Lipinski definition) is 4. The molecule has 1 aromatic heterocycles. The van der Waals surface area contributed by atoms with Crippen molar-refractivity contribution in [3.63, 3.8) is 0 Å². The van der Waals surface area contributed by atoms with Gasteiger partial charge in [-0.3, -0.25) is 4.79 Å². The average molecular weight is 320 g/mol. The molecule has 0 amide bonds. The van der Waals surface area contributed by atoms with E-state index in [1.54, 1.807) is 0 Å². The van der Waals surface area contributed by atoms with Gasteiger partial charge in [-0.25, -0.2) is 0 Å². The summed E-state index contributed by atoms with van der Waals surface area (Å²) >= 11 is 0. The van der Waals surface area contributed by atoms with Crippen molar-refractivity contribution in [1.82, 2.24) is 0 Å². The molecule has 3 rings (SSSR count). The summed E-state index contributed by atoms with van der Waals surface area (Å²) in [5.41, 5.74) is 11.3. The molecule has 0 saturated heterocycles. The van der Waals surface area contributed by atoms with E-state index in [0.29, 0.717) is 11.3 Å². The van der Waals surface area contributed by atoms with Crippen LogP contribution < -0.4 is 16.9 Å². The molecular weight excluding hydrogens is 309 g/mol. The van der Waals surface area contributed by atoms with Gasteiger partial charge >= 0.3 is 6.18 Å². The number of nitrogens with two attached hydrogens (primary N) is 2. The number of benzene rings is 2. The van der Waals surface area contributed by atoms with Gasteiger partial charge in [-0.15, -0.1) is 0 Å². The van der Waals surface area contributed by atoms with Crippen LogP contribution in [0.3, 0.4) is 0 Å². The molecule has 0 aliphatic carbocycles. The van der Waals surface area contributed by atoms with Crippen molar-refractivity contribution < 1.29 is 17.6 Å². The Morgan fingerprint density at radius 1 is 0.957 bits per heavy atom. The first-order chi connectivity index (χ1) is 10.8. The Labute approximate surface area is 128 Å². The third-order valence-corrected chi connectivity index (χ3v) is 3.38. The Morgan fingerprint density at radius 3 is 2.22 bits per heavy atom. The first-order valence-corrected chi connectivity index (χ1v) is 6.56. The van der Waals surface area contributed by atoms with Crippen LogP contribution in [-0.4, -0.2) is 0 Å². The first kappa shape index (κ1) is 15.0. The molecule has 4 N–H and O–H groups in total. The fraction of sp³-hybridized carbons (Fsp3) is 0.0625. The Hall–Kier alpha value is -2.96. The molecule has 4 nitrogen and oxygen atoms in total. The lowest BCUT2D eigenvalue weighted by Crippen LogP contribution is -2.05. The van der Waals surface area contributed by atoms with Gasteiger partial charge in [0.05, 0.1) is 16.6 Å². The topological polar surface area (TPSA) is 82.2 Å². The van der Waals surface area contributed by atoms with E-state index < -0.39 is 11.7 Å². The molecule has 0 aliphatic rings. The van der Waals surface area contributed by atoms with Crippen LogP contribution in [0.25, 0.3) is 22.3 Å². The second-order valence-corrected chi connectivity index (χ2v) is 5.04. The lowest BCUT2D eigenvalue weighted by Gasteiger charge is -2.08. The maximum absolute atomic E-state index is 12.6. The van der Waals surface area contributed by atoms with Crippen LogP contribution in [0.1, 0.15) is 5.56 Å². The van der Waals surface area contributed by atoms with Gasteiger partial charge < -0.3 is 15.9 Å². The summed E-state index contributed by atoms with van der Waals surface area (Å²) in [4.78, 5) is 12.2. The highest BCUT2D eigenvalue weighted by Gasteiger charge is 2.30. The minimum Gasteiger partial charge on any atom is -0.454 e. The highest BCUT2D eigenvalue weighted by Crippen LogP contribution is 2.32. The molecule has 3 aromatic rings. The quantitative estimate of drug-likeness (QED) is 0.671. The summed E-state index contributed by atoms with van der Waals surface area (Å²) in [7, 11) is 0. The van der Waals surface area contributed by atoms with Crippen molar-refractivity contribution in [2.45, 2.75) is 6.18 Å². The van der Waals surface area contributed by atoms with E-state index in [1.807, 2.05) is 0 Å². The van der Waals surface area contributed by atoms with Crippen molar-refractivity contribution in [1.29, 1.82) is 0 Å². The van der Waals surface area contributed by atoms with Crippen LogP contribution in [0.5, 0.6) is 0 Å². The van der Waals surface area contributed by atoms with E-state index >= 15 is 0 Å². The van der Waals surface area contributed by atoms with Crippen LogP contribution in [0.4, 0.5) is 24.5 Å². The van der Waals surface area contributed by atoms with Gasteiger partial charge in [0.25, 0.3) is 0 Å². The van der Waals surface area contributed by atoms with E-state index in [0.717, 1.165) is 12.1 Å². The van der Waals surface area contributed by atoms with E-state index in [4.69, 9.17) is 15.9 Å². The second kappa shape index (κ2) is 5.05. The number of halogens is 3. The molecule has 1 heterocycles. The fourth-order valence-corrected chi connectivity index (χ4v) is 2.27. The molecule has 0 bridgehead atoms. The summed E-state index contributed by atoms with van der Waals surface area (Å²) in [6, 6.07) is 8.40. The van der Waals surface area contributed by atoms with Gasteiger partial charge in [0.15, 0.2) is 11.0 Å². The van der Waals surface area contributed by atoms with E-state index in [1.165, 1.54) is 30.3 Å². The maximum atomic E-state index is 12.6. The van der Waals surface area contributed by atoms with Crippen molar-refractivity contribution in [2.24, 2.45) is 0 Å². The Bertz CT molecular complexity index is 944. The number of hydrogen-bond donors (Lipinski definition) is 2. The minimum absolute atomic E-state index is 0.132. The highest BCUT2D eigenvalue weighted by molar-refractivity contribution is 5.91. The van der Waals surface area contributed by atoms with Crippen molar-refractivity contribution in [3.8, 4) is 11.3 Å². The van der Waals surface area contributed by atoms with Crippen LogP contribution >= 0.6 is 0 Å². The van der Waals surface area contributed by atoms with Crippen molar-refractivity contribution in [3.05, 3.63) is 58.3 Å². The SMILES string of the molecule is Nc1cc(N)c2oc(-c3ccc(C(F)(F)F)cc3)cc(=O)c2c1. The zero-order valence-corrected chi connectivity index (χ0v) is 11.6. The normalized spacial score (nSPS) is 11.8. The van der Waals surface area contributed by atoms with Crippen LogP contribution in [0, 0.1) is 0 Å². The lowest BCUT2D eigenvalue weighted by molar-refractivity contribution is -0.137. The zero-order chi connectivity index (χ0) is 16.8. The third-order valence-electron chi connectivity index (χ3n) is 3.38. The van der Waals surface area contributed by atoms with Crippen LogP contribution in [0.15, 0.2) is 51.7 Å². The molecule has 2 aromatic carbocycles. The molecule has 0 radical (unpaired) electrons. The van der Waals surface area contributed by atoms with Gasteiger partial charge in [-0.2, -0.15) is 13.2 Å². The molecule has 7 heteroatoms. The molecule has 0 fully saturated rings. The summed E-state index contributed by atoms with van der Waals surface area (Å²) in [6.45, 7) is 0. The first-order valence-electron chi connectivity index (χ1n) is 6.56. The minimum atomic E-state index is -4.43. The Balaban J connectivity index is 2.16. The van der Waals surface area contributed by atoms with Crippen molar-refractivity contribution >= 4 is 22.3 Å². The Morgan fingerprint density at radius 2 is 1.61 bits per heavy atom. The van der Waals surface area contributed by atoms with Crippen LogP contribution in [-0.2, 0) is 6.18 Å². The molecular formula is C16H11F3N2O2. The van der Waals surface area contributed by atoms with Gasteiger partial charge in [-0.1, -0.05) is 12.1 Å². The average Bonchev–Trinajstić information content (AvgIpc) is 2.47. The number of nitrogen functional groups attached to an aromatic ring is 2. The summed E-state index contributed by atoms with van der Waals surface area (Å²) in [5, 5.41) is 0.221. The lowest BCUT2D eigenvalue weighted by atomic mass is 10.1. The molecule has 0 spiro atoms. The predicted molar refractivity (Wildman–Crippen MR) is 81.7 cm³/mol. The summed E-state index contributed by atoms with van der Waals surface area (Å²) in [5.74, 6) is 0.132. The van der Waals surface area contributed by atoms with Gasteiger partial charge in [-0.05, 0) is 24.3 Å². The molecule has 0 unspecified atom stereocenters. The highest BCUT2D eigenvalue weighted by atomic mass is 19.4. The number of anilines is 2. The predicted octanol–water partition coefficient (Wildman–Crippen LogP) is 3.64. The molecule has 23 heavy (non-hydrogen) atoms. The van der Waals surface area contributed by atoms with Crippen molar-refractivity contribution in [2.75, 3.05) is 11.5 Å².